The molecule has 1 saturated heterocycles. The molecule has 10 heteroatoms. The fourth-order valence-corrected chi connectivity index (χ4v) is 4.76. The van der Waals surface area contributed by atoms with Crippen LogP contribution in [0.4, 0.5) is 11.8 Å². The van der Waals surface area contributed by atoms with Crippen molar-refractivity contribution in [3.8, 4) is 0 Å². The van der Waals surface area contributed by atoms with Crippen molar-refractivity contribution in [2.75, 3.05) is 56.0 Å². The first-order chi connectivity index (χ1) is 19.3. The van der Waals surface area contributed by atoms with Gasteiger partial charge < -0.3 is 26.2 Å². The molecule has 1 fully saturated rings. The molecule has 3 aromatic rings. The van der Waals surface area contributed by atoms with E-state index in [0.717, 1.165) is 87.6 Å². The topological polar surface area (TPSA) is 108 Å². The van der Waals surface area contributed by atoms with Crippen LogP contribution in [-0.2, 0) is 13.1 Å². The monoisotopic (exact) mass is 538 g/mol. The number of aromatic nitrogens is 5. The van der Waals surface area contributed by atoms with E-state index in [2.05, 4.69) is 56.4 Å². The van der Waals surface area contributed by atoms with Gasteiger partial charge in [-0.15, -0.1) is 5.10 Å². The number of hydrogen-bond donors (Lipinski definition) is 4. The van der Waals surface area contributed by atoms with Crippen LogP contribution in [0.1, 0.15) is 65.5 Å². The lowest BCUT2D eigenvalue weighted by molar-refractivity contribution is 0.451. The Balaban J connectivity index is 0.00000205. The first kappa shape index (κ1) is 30.7. The van der Waals surface area contributed by atoms with E-state index >= 15 is 0 Å². The standard InChI is InChI=1S/C27H44N10.C2H6/c1-3-9-22(4-2)30-14-7-12-28-13-8-17-37-21-23(34-35-37)20-31-27-32-25-11-6-5-10-24(25)26(33-27)36-18-15-29-16-19-36;1-2/h5-6,10-11,21-22,28-30H,3-4,7-9,12-20H2,1-2H3,(H,31,32,33);1-2H3. The molecule has 39 heavy (non-hydrogen) atoms. The highest BCUT2D eigenvalue weighted by Gasteiger charge is 2.17. The first-order valence-corrected chi connectivity index (χ1v) is 15.1. The molecule has 3 heterocycles. The van der Waals surface area contributed by atoms with Crippen molar-refractivity contribution in [2.24, 2.45) is 0 Å². The van der Waals surface area contributed by atoms with Gasteiger partial charge in [0.25, 0.3) is 0 Å². The number of para-hydroxylation sites is 1. The third-order valence-corrected chi connectivity index (χ3v) is 6.85. The highest BCUT2D eigenvalue weighted by molar-refractivity contribution is 5.90. The molecule has 10 nitrogen and oxygen atoms in total. The quantitative estimate of drug-likeness (QED) is 0.203. The summed E-state index contributed by atoms with van der Waals surface area (Å²) < 4.78 is 1.92. The summed E-state index contributed by atoms with van der Waals surface area (Å²) in [7, 11) is 0. The van der Waals surface area contributed by atoms with Crippen LogP contribution in [0.5, 0.6) is 0 Å². The van der Waals surface area contributed by atoms with Gasteiger partial charge in [0.2, 0.25) is 5.95 Å². The van der Waals surface area contributed by atoms with Crippen LogP contribution < -0.4 is 26.2 Å². The molecule has 1 aromatic carbocycles. The molecule has 1 unspecified atom stereocenters. The number of hydrogen-bond acceptors (Lipinski definition) is 9. The van der Waals surface area contributed by atoms with Gasteiger partial charge in [0, 0.05) is 44.2 Å². The van der Waals surface area contributed by atoms with Crippen molar-refractivity contribution in [1.82, 2.24) is 40.9 Å². The zero-order chi connectivity index (χ0) is 27.7. The Morgan fingerprint density at radius 1 is 1.00 bits per heavy atom. The zero-order valence-corrected chi connectivity index (χ0v) is 24.5. The molecular weight excluding hydrogens is 488 g/mol. The number of nitrogens with one attached hydrogen (secondary N) is 4. The second kappa shape index (κ2) is 17.7. The summed E-state index contributed by atoms with van der Waals surface area (Å²) in [4.78, 5) is 11.9. The summed E-state index contributed by atoms with van der Waals surface area (Å²) in [6.45, 7) is 16.9. The molecule has 1 aliphatic heterocycles. The lowest BCUT2D eigenvalue weighted by Gasteiger charge is -2.29. The Hall–Kier alpha value is -2.82. The van der Waals surface area contributed by atoms with Crippen molar-refractivity contribution in [3.63, 3.8) is 0 Å². The average molecular weight is 539 g/mol. The zero-order valence-electron chi connectivity index (χ0n) is 24.5. The Morgan fingerprint density at radius 2 is 1.79 bits per heavy atom. The van der Waals surface area contributed by atoms with E-state index in [0.29, 0.717) is 18.5 Å². The fourth-order valence-electron chi connectivity index (χ4n) is 4.76. The van der Waals surface area contributed by atoms with Crippen LogP contribution in [0.3, 0.4) is 0 Å². The minimum Gasteiger partial charge on any atom is -0.353 e. The predicted octanol–water partition coefficient (Wildman–Crippen LogP) is 3.81. The Bertz CT molecular complexity index is 1060. The summed E-state index contributed by atoms with van der Waals surface area (Å²) in [6.07, 6.45) is 7.92. The van der Waals surface area contributed by atoms with Gasteiger partial charge in [-0.25, -0.2) is 4.98 Å². The molecule has 0 aliphatic carbocycles. The van der Waals surface area contributed by atoms with Crippen LogP contribution in [0, 0.1) is 0 Å². The van der Waals surface area contributed by atoms with E-state index < -0.39 is 0 Å². The summed E-state index contributed by atoms with van der Waals surface area (Å²) in [6, 6.07) is 8.88. The molecule has 1 atom stereocenters. The van der Waals surface area contributed by atoms with Crippen molar-refractivity contribution in [3.05, 3.63) is 36.2 Å². The van der Waals surface area contributed by atoms with Crippen molar-refractivity contribution in [1.29, 1.82) is 0 Å². The first-order valence-electron chi connectivity index (χ1n) is 15.1. The lowest BCUT2D eigenvalue weighted by atomic mass is 10.1. The Morgan fingerprint density at radius 3 is 2.59 bits per heavy atom. The van der Waals surface area contributed by atoms with Crippen LogP contribution in [-0.4, -0.2) is 76.8 Å². The van der Waals surface area contributed by atoms with Crippen molar-refractivity contribution >= 4 is 22.7 Å². The molecular formula is C29H50N10. The van der Waals surface area contributed by atoms with Gasteiger partial charge in [0.1, 0.15) is 11.5 Å². The lowest BCUT2D eigenvalue weighted by Crippen LogP contribution is -2.44. The Labute approximate surface area is 234 Å². The number of benzene rings is 1. The van der Waals surface area contributed by atoms with Crippen LogP contribution >= 0.6 is 0 Å². The van der Waals surface area contributed by atoms with E-state index in [1.165, 1.54) is 19.3 Å². The van der Waals surface area contributed by atoms with E-state index in [-0.39, 0.29) is 0 Å². The second-order valence-electron chi connectivity index (χ2n) is 9.76. The number of rotatable bonds is 16. The smallest absolute Gasteiger partial charge is 0.225 e. The predicted molar refractivity (Wildman–Crippen MR) is 162 cm³/mol. The number of anilines is 2. The van der Waals surface area contributed by atoms with Gasteiger partial charge >= 0.3 is 0 Å². The van der Waals surface area contributed by atoms with E-state index in [1.807, 2.05) is 42.9 Å². The van der Waals surface area contributed by atoms with Gasteiger partial charge in [-0.1, -0.05) is 51.5 Å². The van der Waals surface area contributed by atoms with E-state index in [4.69, 9.17) is 9.97 Å². The largest absolute Gasteiger partial charge is 0.353 e. The molecule has 0 spiro atoms. The normalized spacial score (nSPS) is 14.2. The second-order valence-corrected chi connectivity index (χ2v) is 9.76. The fraction of sp³-hybridized carbons (Fsp3) is 0.655. The highest BCUT2D eigenvalue weighted by Crippen LogP contribution is 2.25. The van der Waals surface area contributed by atoms with Gasteiger partial charge in [-0.3, -0.25) is 4.68 Å². The maximum Gasteiger partial charge on any atom is 0.225 e. The summed E-state index contributed by atoms with van der Waals surface area (Å²) in [5.41, 5.74) is 1.84. The van der Waals surface area contributed by atoms with Gasteiger partial charge in [0.15, 0.2) is 0 Å². The maximum absolute atomic E-state index is 4.87. The molecule has 4 N–H and O–H groups in total. The average Bonchev–Trinajstić information content (AvgIpc) is 3.45. The third kappa shape index (κ3) is 10.0. The summed E-state index contributed by atoms with van der Waals surface area (Å²) in [5.74, 6) is 1.62. The maximum atomic E-state index is 4.87. The number of piperazine rings is 1. The van der Waals surface area contributed by atoms with Crippen LogP contribution in [0.25, 0.3) is 10.9 Å². The molecule has 216 valence electrons. The SMILES string of the molecule is CC.CCCC(CC)NCCCNCCCn1cc(CNc2nc(N3CCNCC3)c3ccccc3n2)nn1. The summed E-state index contributed by atoms with van der Waals surface area (Å²) >= 11 is 0. The van der Waals surface area contributed by atoms with Crippen molar-refractivity contribution in [2.45, 2.75) is 78.9 Å². The number of fused-ring (bicyclic) bond motifs is 1. The minimum atomic E-state index is 0.543. The third-order valence-electron chi connectivity index (χ3n) is 6.85. The van der Waals surface area contributed by atoms with Gasteiger partial charge in [0.05, 0.1) is 18.3 Å². The minimum absolute atomic E-state index is 0.543. The molecule has 4 rings (SSSR count). The molecule has 2 aromatic heterocycles. The molecule has 0 saturated carbocycles. The van der Waals surface area contributed by atoms with Gasteiger partial charge in [-0.2, -0.15) is 4.98 Å². The van der Waals surface area contributed by atoms with E-state index in [9.17, 15) is 0 Å². The molecule has 0 bridgehead atoms. The summed E-state index contributed by atoms with van der Waals surface area (Å²) in [5, 5.41) is 23.7. The van der Waals surface area contributed by atoms with Gasteiger partial charge in [-0.05, 0) is 57.5 Å². The molecule has 0 amide bonds. The van der Waals surface area contributed by atoms with Crippen LogP contribution in [0.2, 0.25) is 0 Å². The van der Waals surface area contributed by atoms with E-state index in [1.54, 1.807) is 0 Å². The highest BCUT2D eigenvalue weighted by atomic mass is 15.4. The molecule has 1 aliphatic rings. The number of aryl methyl sites for hydroxylation is 1. The van der Waals surface area contributed by atoms with Crippen molar-refractivity contribution < 1.29 is 0 Å². The molecule has 0 radical (unpaired) electrons. The van der Waals surface area contributed by atoms with Crippen LogP contribution in [0.15, 0.2) is 30.5 Å². The number of nitrogens with zero attached hydrogens (tertiary/aromatic N) is 6. The Kier molecular flexibility index (Phi) is 13.9.